The van der Waals surface area contributed by atoms with Gasteiger partial charge >= 0.3 is 6.03 Å². The van der Waals surface area contributed by atoms with Crippen molar-refractivity contribution >= 4 is 22.8 Å². The van der Waals surface area contributed by atoms with Gasteiger partial charge in [-0.05, 0) is 24.1 Å². The van der Waals surface area contributed by atoms with Gasteiger partial charge in [-0.15, -0.1) is 0 Å². The van der Waals surface area contributed by atoms with Crippen molar-refractivity contribution in [2.24, 2.45) is 0 Å². The molecule has 2 aliphatic rings. The summed E-state index contributed by atoms with van der Waals surface area (Å²) in [6.45, 7) is 0.457. The number of carbonyl (C=O) groups excluding carboxylic acids is 2. The van der Waals surface area contributed by atoms with Crippen LogP contribution in [0.5, 0.6) is 5.75 Å². The Morgan fingerprint density at radius 1 is 1.11 bits per heavy atom. The lowest BCUT2D eigenvalue weighted by atomic mass is 10.1. The number of nitrogens with zero attached hydrogens (tertiary/aromatic N) is 2. The summed E-state index contributed by atoms with van der Waals surface area (Å²) in [4.78, 5) is 30.3. The van der Waals surface area contributed by atoms with E-state index in [0.29, 0.717) is 18.8 Å². The molecule has 1 aliphatic heterocycles. The molecular weight excluding hydrogens is 354 g/mol. The van der Waals surface area contributed by atoms with Crippen molar-refractivity contribution in [1.82, 2.24) is 15.2 Å². The summed E-state index contributed by atoms with van der Waals surface area (Å²) < 4.78 is 6.03. The van der Waals surface area contributed by atoms with E-state index in [2.05, 4.69) is 5.32 Å². The van der Waals surface area contributed by atoms with Crippen molar-refractivity contribution in [3.05, 3.63) is 71.9 Å². The Kier molecular flexibility index (Phi) is 3.62. The van der Waals surface area contributed by atoms with E-state index in [0.717, 1.165) is 27.1 Å². The molecule has 140 valence electrons. The first-order valence-electron chi connectivity index (χ1n) is 9.25. The predicted molar refractivity (Wildman–Crippen MR) is 104 cm³/mol. The second-order valence-corrected chi connectivity index (χ2v) is 7.36. The smallest absolute Gasteiger partial charge is 0.324 e. The molecule has 28 heavy (non-hydrogen) atoms. The first kappa shape index (κ1) is 16.7. The highest BCUT2D eigenvalue weighted by atomic mass is 16.5. The Bertz CT molecular complexity index is 1100. The van der Waals surface area contributed by atoms with Gasteiger partial charge in [0, 0.05) is 24.0 Å². The van der Waals surface area contributed by atoms with Crippen LogP contribution in [0.3, 0.4) is 0 Å². The fraction of sp³-hybridized carbons (Fsp3) is 0.227. The zero-order valence-corrected chi connectivity index (χ0v) is 15.4. The highest BCUT2D eigenvalue weighted by molar-refractivity contribution is 6.09. The molecule has 2 atom stereocenters. The standard InChI is InChI=1S/C22H19N3O3/c1-25-20(26)22(24-21(25)27)12-16(22)17-11-10-15-8-5-9-18(19(15)23-17)28-13-14-6-3-2-4-7-14/h2-11,16H,12-13H2,1H3,(H,24,27). The van der Waals surface area contributed by atoms with E-state index >= 15 is 0 Å². The molecule has 1 spiro atoms. The highest BCUT2D eigenvalue weighted by Gasteiger charge is 2.67. The van der Waals surface area contributed by atoms with Crippen LogP contribution < -0.4 is 10.1 Å². The zero-order valence-electron chi connectivity index (χ0n) is 15.4. The van der Waals surface area contributed by atoms with Crippen LogP contribution in [0.2, 0.25) is 0 Å². The average Bonchev–Trinajstić information content (AvgIpc) is 3.41. The maximum atomic E-state index is 12.5. The molecule has 1 aromatic heterocycles. The van der Waals surface area contributed by atoms with Crippen LogP contribution in [0, 0.1) is 0 Å². The monoisotopic (exact) mass is 373 g/mol. The molecule has 0 radical (unpaired) electrons. The topological polar surface area (TPSA) is 71.5 Å². The van der Waals surface area contributed by atoms with E-state index in [-0.39, 0.29) is 17.9 Å². The SMILES string of the molecule is CN1C(=O)NC2(CC2c2ccc3cccc(OCc4ccccc4)c3n2)C1=O. The van der Waals surface area contributed by atoms with Crippen LogP contribution in [-0.2, 0) is 11.4 Å². The quantitative estimate of drug-likeness (QED) is 0.713. The number of imide groups is 1. The fourth-order valence-electron chi connectivity index (χ4n) is 3.90. The minimum Gasteiger partial charge on any atom is -0.487 e. The largest absolute Gasteiger partial charge is 0.487 e. The number of nitrogens with one attached hydrogen (secondary N) is 1. The average molecular weight is 373 g/mol. The molecule has 1 N–H and O–H groups in total. The third-order valence-corrected chi connectivity index (χ3v) is 5.58. The number of para-hydroxylation sites is 1. The first-order valence-corrected chi connectivity index (χ1v) is 9.25. The van der Waals surface area contributed by atoms with Gasteiger partial charge in [0.05, 0.1) is 0 Å². The van der Waals surface area contributed by atoms with Crippen molar-refractivity contribution in [1.29, 1.82) is 0 Å². The van der Waals surface area contributed by atoms with Crippen LogP contribution >= 0.6 is 0 Å². The van der Waals surface area contributed by atoms with Crippen LogP contribution in [0.25, 0.3) is 10.9 Å². The summed E-state index contributed by atoms with van der Waals surface area (Å²) in [7, 11) is 1.51. The molecular formula is C22H19N3O3. The predicted octanol–water partition coefficient (Wildman–Crippen LogP) is 3.22. The second-order valence-electron chi connectivity index (χ2n) is 7.36. The van der Waals surface area contributed by atoms with E-state index in [9.17, 15) is 9.59 Å². The third kappa shape index (κ3) is 2.52. The minimum atomic E-state index is -0.827. The number of fused-ring (bicyclic) bond motifs is 1. The van der Waals surface area contributed by atoms with E-state index in [1.54, 1.807) is 0 Å². The third-order valence-electron chi connectivity index (χ3n) is 5.58. The fourth-order valence-corrected chi connectivity index (χ4v) is 3.90. The molecule has 2 heterocycles. The number of benzene rings is 2. The van der Waals surface area contributed by atoms with Gasteiger partial charge < -0.3 is 10.1 Å². The zero-order chi connectivity index (χ0) is 19.3. The van der Waals surface area contributed by atoms with Gasteiger partial charge in [0.15, 0.2) is 0 Å². The molecule has 5 rings (SSSR count). The van der Waals surface area contributed by atoms with Gasteiger partial charge in [0.1, 0.15) is 23.4 Å². The number of carbonyl (C=O) groups is 2. The lowest BCUT2D eigenvalue weighted by Gasteiger charge is -2.11. The molecule has 1 aliphatic carbocycles. The molecule has 1 saturated heterocycles. The van der Waals surface area contributed by atoms with Crippen molar-refractivity contribution < 1.29 is 14.3 Å². The van der Waals surface area contributed by atoms with Gasteiger partial charge in [-0.1, -0.05) is 48.5 Å². The number of hydrogen-bond donors (Lipinski definition) is 1. The molecule has 0 bridgehead atoms. The Labute approximate surface area is 162 Å². The molecule has 2 fully saturated rings. The summed E-state index contributed by atoms with van der Waals surface area (Å²) >= 11 is 0. The Morgan fingerprint density at radius 3 is 2.68 bits per heavy atom. The molecule has 2 unspecified atom stereocenters. The van der Waals surface area contributed by atoms with Crippen LogP contribution in [0.1, 0.15) is 23.6 Å². The summed E-state index contributed by atoms with van der Waals surface area (Å²) in [5.41, 5.74) is 1.82. The number of amides is 3. The molecule has 3 amide bonds. The van der Waals surface area contributed by atoms with E-state index in [4.69, 9.17) is 9.72 Å². The first-order chi connectivity index (χ1) is 13.6. The maximum Gasteiger partial charge on any atom is 0.324 e. The summed E-state index contributed by atoms with van der Waals surface area (Å²) in [6, 6.07) is 19.4. The lowest BCUT2D eigenvalue weighted by Crippen LogP contribution is -2.33. The summed E-state index contributed by atoms with van der Waals surface area (Å²) in [5, 5.41) is 3.80. The van der Waals surface area contributed by atoms with Gasteiger partial charge in [-0.3, -0.25) is 9.69 Å². The van der Waals surface area contributed by atoms with Crippen molar-refractivity contribution in [3.8, 4) is 5.75 Å². The summed E-state index contributed by atoms with van der Waals surface area (Å²) in [5.74, 6) is 0.412. The number of pyridine rings is 1. The van der Waals surface area contributed by atoms with Crippen LogP contribution in [0.15, 0.2) is 60.7 Å². The molecule has 3 aromatic rings. The Balaban J connectivity index is 1.45. The molecule has 1 saturated carbocycles. The molecule has 6 nitrogen and oxygen atoms in total. The van der Waals surface area contributed by atoms with Crippen molar-refractivity contribution in [2.45, 2.75) is 24.5 Å². The van der Waals surface area contributed by atoms with Crippen LogP contribution in [0.4, 0.5) is 4.79 Å². The molecule has 2 aromatic carbocycles. The van der Waals surface area contributed by atoms with Crippen molar-refractivity contribution in [2.75, 3.05) is 7.05 Å². The van der Waals surface area contributed by atoms with Crippen LogP contribution in [-0.4, -0.2) is 34.4 Å². The van der Waals surface area contributed by atoms with Gasteiger partial charge in [-0.2, -0.15) is 0 Å². The number of likely N-dealkylation sites (N-methyl/N-ethyl adjacent to an activating group) is 1. The van der Waals surface area contributed by atoms with E-state index < -0.39 is 5.54 Å². The van der Waals surface area contributed by atoms with E-state index in [1.165, 1.54) is 7.05 Å². The second kappa shape index (κ2) is 6.05. The normalized spacial score (nSPS) is 23.3. The minimum absolute atomic E-state index is 0.111. The van der Waals surface area contributed by atoms with Gasteiger partial charge in [-0.25, -0.2) is 9.78 Å². The Hall–Kier alpha value is -3.41. The van der Waals surface area contributed by atoms with Crippen molar-refractivity contribution in [3.63, 3.8) is 0 Å². The molecule has 6 heteroatoms. The number of urea groups is 1. The number of aromatic nitrogens is 1. The number of rotatable bonds is 4. The Morgan fingerprint density at radius 2 is 1.93 bits per heavy atom. The summed E-state index contributed by atoms with van der Waals surface area (Å²) in [6.07, 6.45) is 0.577. The maximum absolute atomic E-state index is 12.5. The number of ether oxygens (including phenoxy) is 1. The van der Waals surface area contributed by atoms with E-state index in [1.807, 2.05) is 60.7 Å². The van der Waals surface area contributed by atoms with Gasteiger partial charge in [0.2, 0.25) is 0 Å². The lowest BCUT2D eigenvalue weighted by molar-refractivity contribution is -0.127. The highest BCUT2D eigenvalue weighted by Crippen LogP contribution is 2.54. The van der Waals surface area contributed by atoms with Gasteiger partial charge in [0.25, 0.3) is 5.91 Å². The number of hydrogen-bond acceptors (Lipinski definition) is 4.